The average Bonchev–Trinajstić information content (AvgIpc) is 2.36. The summed E-state index contributed by atoms with van der Waals surface area (Å²) in [5.74, 6) is 0.587. The topological polar surface area (TPSA) is 9.23 Å². The van der Waals surface area contributed by atoms with Crippen LogP contribution in [0.15, 0.2) is 23.5 Å². The van der Waals surface area contributed by atoms with Gasteiger partial charge >= 0.3 is 6.18 Å². The normalized spacial score (nSPS) is 21.9. The van der Waals surface area contributed by atoms with E-state index in [0.29, 0.717) is 18.6 Å². The summed E-state index contributed by atoms with van der Waals surface area (Å²) in [7, 11) is 0. The number of rotatable bonds is 3. The van der Waals surface area contributed by atoms with Crippen LogP contribution in [0.1, 0.15) is 26.7 Å². The number of hydrogen-bond donors (Lipinski definition) is 0. The zero-order valence-corrected chi connectivity index (χ0v) is 10.6. The van der Waals surface area contributed by atoms with Gasteiger partial charge in [-0.2, -0.15) is 13.2 Å². The van der Waals surface area contributed by atoms with Crippen LogP contribution in [0.5, 0.6) is 0 Å². The lowest BCUT2D eigenvalue weighted by Gasteiger charge is -2.12. The van der Waals surface area contributed by atoms with Crippen molar-refractivity contribution in [1.82, 2.24) is 0 Å². The predicted molar refractivity (Wildman–Crippen MR) is 61.9 cm³/mol. The molecular weight excluding hydrogens is 253 g/mol. The van der Waals surface area contributed by atoms with Gasteiger partial charge in [0.15, 0.2) is 6.61 Å². The molecule has 0 radical (unpaired) electrons. The Hall–Kier alpha value is -0.640. The van der Waals surface area contributed by atoms with Gasteiger partial charge in [0.2, 0.25) is 0 Å². The maximum atomic E-state index is 12.1. The molecule has 1 aliphatic carbocycles. The van der Waals surface area contributed by atoms with Gasteiger partial charge < -0.3 is 4.74 Å². The molecule has 0 bridgehead atoms. The molecule has 0 aromatic carbocycles. The molecule has 0 saturated heterocycles. The maximum Gasteiger partial charge on any atom is 0.422 e. The van der Waals surface area contributed by atoms with Crippen molar-refractivity contribution in [3.63, 3.8) is 0 Å². The van der Waals surface area contributed by atoms with E-state index >= 15 is 0 Å². The van der Waals surface area contributed by atoms with Crippen LogP contribution in [-0.4, -0.2) is 18.2 Å². The molecule has 1 atom stereocenters. The van der Waals surface area contributed by atoms with Gasteiger partial charge in [-0.15, -0.1) is 11.6 Å². The lowest BCUT2D eigenvalue weighted by molar-refractivity contribution is -0.165. The molecule has 5 heteroatoms. The third-order valence-corrected chi connectivity index (χ3v) is 2.80. The fourth-order valence-corrected chi connectivity index (χ4v) is 1.78. The molecule has 0 spiro atoms. The second-order valence-corrected chi connectivity index (χ2v) is 4.95. The second kappa shape index (κ2) is 5.80. The van der Waals surface area contributed by atoms with E-state index in [1.54, 1.807) is 6.08 Å². The van der Waals surface area contributed by atoms with Gasteiger partial charge in [0.05, 0.1) is 11.1 Å². The van der Waals surface area contributed by atoms with Gasteiger partial charge in [-0.25, -0.2) is 0 Å². The lowest BCUT2D eigenvalue weighted by atomic mass is 10.0. The molecule has 0 aromatic heterocycles. The van der Waals surface area contributed by atoms with E-state index in [-0.39, 0.29) is 11.3 Å². The largest absolute Gasteiger partial charge is 0.488 e. The fourth-order valence-electron chi connectivity index (χ4n) is 1.53. The SMILES string of the molecule is CC(C)C1=CC(Cl)CCC(OCC(F)(F)F)=C1. The Morgan fingerprint density at radius 3 is 2.65 bits per heavy atom. The molecule has 0 aliphatic heterocycles. The molecule has 17 heavy (non-hydrogen) atoms. The number of hydrogen-bond acceptors (Lipinski definition) is 1. The molecule has 1 unspecified atom stereocenters. The van der Waals surface area contributed by atoms with Crippen LogP contribution in [0.4, 0.5) is 13.2 Å². The minimum absolute atomic E-state index is 0.143. The van der Waals surface area contributed by atoms with Gasteiger partial charge in [-0.1, -0.05) is 19.9 Å². The van der Waals surface area contributed by atoms with Crippen molar-refractivity contribution in [3.8, 4) is 0 Å². The highest BCUT2D eigenvalue weighted by atomic mass is 35.5. The summed E-state index contributed by atoms with van der Waals surface area (Å²) in [5, 5.41) is -0.143. The van der Waals surface area contributed by atoms with Crippen molar-refractivity contribution >= 4 is 11.6 Å². The Bertz CT molecular complexity index is 318. The Balaban J connectivity index is 2.70. The molecule has 1 rings (SSSR count). The van der Waals surface area contributed by atoms with Gasteiger partial charge in [-0.3, -0.25) is 0 Å². The van der Waals surface area contributed by atoms with E-state index in [2.05, 4.69) is 0 Å². The second-order valence-electron chi connectivity index (χ2n) is 4.39. The van der Waals surface area contributed by atoms with Crippen molar-refractivity contribution in [2.75, 3.05) is 6.61 Å². The monoisotopic (exact) mass is 268 g/mol. The third-order valence-electron chi connectivity index (χ3n) is 2.46. The van der Waals surface area contributed by atoms with Crippen LogP contribution in [0.3, 0.4) is 0 Å². The van der Waals surface area contributed by atoms with Crippen molar-refractivity contribution in [3.05, 3.63) is 23.5 Å². The van der Waals surface area contributed by atoms with Crippen LogP contribution < -0.4 is 0 Å². The van der Waals surface area contributed by atoms with Gasteiger partial charge in [0.1, 0.15) is 0 Å². The standard InChI is InChI=1S/C12H16ClF3O/c1-8(2)9-5-10(13)3-4-11(6-9)17-7-12(14,15)16/h5-6,8,10H,3-4,7H2,1-2H3. The van der Waals surface area contributed by atoms with Crippen molar-refractivity contribution in [2.45, 2.75) is 38.2 Å². The summed E-state index contributed by atoms with van der Waals surface area (Å²) in [6, 6.07) is 0. The molecule has 0 heterocycles. The lowest BCUT2D eigenvalue weighted by Crippen LogP contribution is -2.16. The quantitative estimate of drug-likeness (QED) is 0.688. The van der Waals surface area contributed by atoms with Crippen molar-refractivity contribution < 1.29 is 17.9 Å². The summed E-state index contributed by atoms with van der Waals surface area (Å²) in [4.78, 5) is 0. The first-order chi connectivity index (χ1) is 7.78. The van der Waals surface area contributed by atoms with Gasteiger partial charge in [0.25, 0.3) is 0 Å². The van der Waals surface area contributed by atoms with E-state index in [1.807, 2.05) is 19.9 Å². The minimum Gasteiger partial charge on any atom is -0.488 e. The average molecular weight is 269 g/mol. The minimum atomic E-state index is -4.30. The fraction of sp³-hybridized carbons (Fsp3) is 0.667. The van der Waals surface area contributed by atoms with Crippen LogP contribution in [0.25, 0.3) is 0 Å². The molecule has 0 aromatic rings. The molecule has 0 amide bonds. The van der Waals surface area contributed by atoms with Crippen LogP contribution in [-0.2, 0) is 4.74 Å². The van der Waals surface area contributed by atoms with E-state index < -0.39 is 12.8 Å². The number of halogens is 4. The van der Waals surface area contributed by atoms with E-state index in [9.17, 15) is 13.2 Å². The zero-order chi connectivity index (χ0) is 13.1. The molecule has 0 N–H and O–H groups in total. The first-order valence-electron chi connectivity index (χ1n) is 5.54. The van der Waals surface area contributed by atoms with Gasteiger partial charge in [0, 0.05) is 6.42 Å². The highest BCUT2D eigenvalue weighted by Gasteiger charge is 2.29. The number of allylic oxidation sites excluding steroid dienone is 4. The molecule has 0 fully saturated rings. The van der Waals surface area contributed by atoms with Crippen molar-refractivity contribution in [1.29, 1.82) is 0 Å². The summed E-state index contributed by atoms with van der Waals surface area (Å²) >= 11 is 6.03. The highest BCUT2D eigenvalue weighted by Crippen LogP contribution is 2.27. The Labute approximate surface area is 104 Å². The molecule has 98 valence electrons. The van der Waals surface area contributed by atoms with E-state index in [0.717, 1.165) is 5.57 Å². The Morgan fingerprint density at radius 1 is 1.47 bits per heavy atom. The molecule has 1 nitrogen and oxygen atoms in total. The van der Waals surface area contributed by atoms with Crippen LogP contribution >= 0.6 is 11.6 Å². The molecule has 1 aliphatic rings. The molecule has 0 saturated carbocycles. The molecular formula is C12H16ClF3O. The van der Waals surface area contributed by atoms with Gasteiger partial charge in [-0.05, 0) is 24.0 Å². The number of alkyl halides is 4. The first kappa shape index (κ1) is 14.4. The first-order valence-corrected chi connectivity index (χ1v) is 5.97. The number of ether oxygens (including phenoxy) is 1. The Kier molecular flexibility index (Phi) is 4.92. The summed E-state index contributed by atoms with van der Waals surface area (Å²) in [6.07, 6.45) is 0.308. The summed E-state index contributed by atoms with van der Waals surface area (Å²) in [5.41, 5.74) is 0.930. The Morgan fingerprint density at radius 2 is 2.12 bits per heavy atom. The van der Waals surface area contributed by atoms with Crippen molar-refractivity contribution in [2.24, 2.45) is 5.92 Å². The highest BCUT2D eigenvalue weighted by molar-refractivity contribution is 6.21. The zero-order valence-electron chi connectivity index (χ0n) is 9.85. The van der Waals surface area contributed by atoms with E-state index in [1.165, 1.54) is 0 Å². The summed E-state index contributed by atoms with van der Waals surface area (Å²) in [6.45, 7) is 2.70. The predicted octanol–water partition coefficient (Wildman–Crippen LogP) is 4.43. The smallest absolute Gasteiger partial charge is 0.422 e. The maximum absolute atomic E-state index is 12.1. The van der Waals surface area contributed by atoms with Crippen LogP contribution in [0.2, 0.25) is 0 Å². The summed E-state index contributed by atoms with van der Waals surface area (Å²) < 4.78 is 40.9. The van der Waals surface area contributed by atoms with Crippen LogP contribution in [0, 0.1) is 5.92 Å². The third kappa shape index (κ3) is 5.48. The van der Waals surface area contributed by atoms with E-state index in [4.69, 9.17) is 16.3 Å².